The molecule has 0 radical (unpaired) electrons. The highest BCUT2D eigenvalue weighted by Crippen LogP contribution is 2.27. The van der Waals surface area contributed by atoms with Crippen LogP contribution in [-0.4, -0.2) is 22.0 Å². The standard InChI is InChI=1S/C24H20Cl3N3O/c25-18-8-2-1-7-16(18)24(31)28-14-6-13-23-29-21-11-3-4-12-22(21)30(23)15-17-19(26)9-5-10-20(17)27/h1-5,7-12H,6,13-15H2,(H,28,31). The van der Waals surface area contributed by atoms with Gasteiger partial charge in [0, 0.05) is 28.6 Å². The van der Waals surface area contributed by atoms with Gasteiger partial charge >= 0.3 is 0 Å². The lowest BCUT2D eigenvalue weighted by molar-refractivity contribution is 0.0953. The second-order valence-electron chi connectivity index (χ2n) is 7.14. The fourth-order valence-corrected chi connectivity index (χ4v) is 4.26. The van der Waals surface area contributed by atoms with Gasteiger partial charge in [-0.2, -0.15) is 0 Å². The Morgan fingerprint density at radius 3 is 2.32 bits per heavy atom. The molecular formula is C24H20Cl3N3O. The van der Waals surface area contributed by atoms with E-state index in [-0.39, 0.29) is 5.91 Å². The number of amides is 1. The summed E-state index contributed by atoms with van der Waals surface area (Å²) in [5, 5.41) is 4.63. The van der Waals surface area contributed by atoms with Crippen molar-refractivity contribution in [2.24, 2.45) is 0 Å². The molecule has 0 saturated carbocycles. The van der Waals surface area contributed by atoms with Crippen LogP contribution in [0.2, 0.25) is 15.1 Å². The van der Waals surface area contributed by atoms with Crippen LogP contribution < -0.4 is 5.32 Å². The van der Waals surface area contributed by atoms with Crippen molar-refractivity contribution in [1.29, 1.82) is 0 Å². The van der Waals surface area contributed by atoms with Crippen molar-refractivity contribution in [3.63, 3.8) is 0 Å². The summed E-state index contributed by atoms with van der Waals surface area (Å²) in [4.78, 5) is 17.2. The minimum absolute atomic E-state index is 0.179. The number of fused-ring (bicyclic) bond motifs is 1. The van der Waals surface area contributed by atoms with Crippen LogP contribution in [0.1, 0.15) is 28.2 Å². The molecule has 1 amide bonds. The zero-order valence-corrected chi connectivity index (χ0v) is 18.9. The highest BCUT2D eigenvalue weighted by molar-refractivity contribution is 6.36. The molecule has 0 aliphatic heterocycles. The van der Waals surface area contributed by atoms with Crippen LogP contribution in [0.3, 0.4) is 0 Å². The molecule has 1 N–H and O–H groups in total. The fourth-order valence-electron chi connectivity index (χ4n) is 3.52. The molecule has 0 aliphatic carbocycles. The average Bonchev–Trinajstić information content (AvgIpc) is 3.11. The predicted octanol–water partition coefficient (Wildman–Crippen LogP) is 6.41. The average molecular weight is 473 g/mol. The van der Waals surface area contributed by atoms with Crippen LogP contribution in [0.25, 0.3) is 11.0 Å². The van der Waals surface area contributed by atoms with Gasteiger partial charge in [-0.3, -0.25) is 4.79 Å². The Bertz CT molecular complexity index is 1220. The number of hydrogen-bond donors (Lipinski definition) is 1. The number of carbonyl (C=O) groups excluding carboxylic acids is 1. The van der Waals surface area contributed by atoms with E-state index in [0.717, 1.165) is 28.8 Å². The number of aryl methyl sites for hydroxylation is 1. The Labute approximate surface area is 195 Å². The first kappa shape index (κ1) is 21.7. The van der Waals surface area contributed by atoms with Crippen LogP contribution in [0.4, 0.5) is 0 Å². The van der Waals surface area contributed by atoms with Crippen molar-refractivity contribution in [2.45, 2.75) is 19.4 Å². The van der Waals surface area contributed by atoms with E-state index in [1.807, 2.05) is 42.5 Å². The molecule has 1 heterocycles. The molecule has 7 heteroatoms. The van der Waals surface area contributed by atoms with Gasteiger partial charge in [0.2, 0.25) is 0 Å². The van der Waals surface area contributed by atoms with Crippen LogP contribution in [0.15, 0.2) is 66.7 Å². The summed E-state index contributed by atoms with van der Waals surface area (Å²) in [6.07, 6.45) is 1.43. The molecule has 0 aliphatic rings. The second-order valence-corrected chi connectivity index (χ2v) is 8.36. The lowest BCUT2D eigenvalue weighted by atomic mass is 10.2. The van der Waals surface area contributed by atoms with E-state index in [0.29, 0.717) is 40.1 Å². The number of halogens is 3. The minimum atomic E-state index is -0.179. The normalized spacial score (nSPS) is 11.1. The zero-order chi connectivity index (χ0) is 21.8. The molecule has 31 heavy (non-hydrogen) atoms. The SMILES string of the molecule is O=C(NCCCc1nc2ccccc2n1Cc1c(Cl)cccc1Cl)c1ccccc1Cl. The fraction of sp³-hybridized carbons (Fsp3) is 0.167. The first-order chi connectivity index (χ1) is 15.0. The van der Waals surface area contributed by atoms with E-state index in [4.69, 9.17) is 39.8 Å². The Hall–Kier alpha value is -2.53. The van der Waals surface area contributed by atoms with E-state index >= 15 is 0 Å². The number of para-hydroxylation sites is 2. The Morgan fingerprint density at radius 2 is 1.55 bits per heavy atom. The third-order valence-electron chi connectivity index (χ3n) is 5.09. The summed E-state index contributed by atoms with van der Waals surface area (Å²) < 4.78 is 2.14. The van der Waals surface area contributed by atoms with Gasteiger partial charge in [-0.1, -0.05) is 65.1 Å². The van der Waals surface area contributed by atoms with Crippen molar-refractivity contribution in [3.8, 4) is 0 Å². The lowest BCUT2D eigenvalue weighted by Crippen LogP contribution is -2.25. The van der Waals surface area contributed by atoms with Gasteiger partial charge in [-0.15, -0.1) is 0 Å². The molecule has 0 fully saturated rings. The van der Waals surface area contributed by atoms with E-state index in [1.165, 1.54) is 0 Å². The largest absolute Gasteiger partial charge is 0.352 e. The number of aromatic nitrogens is 2. The Morgan fingerprint density at radius 1 is 0.871 bits per heavy atom. The van der Waals surface area contributed by atoms with Crippen molar-refractivity contribution in [1.82, 2.24) is 14.9 Å². The molecule has 0 unspecified atom stereocenters. The number of carbonyl (C=O) groups is 1. The van der Waals surface area contributed by atoms with Crippen LogP contribution in [-0.2, 0) is 13.0 Å². The molecule has 4 nitrogen and oxygen atoms in total. The number of nitrogens with zero attached hydrogens (tertiary/aromatic N) is 2. The van der Waals surface area contributed by atoms with Gasteiger partial charge in [0.25, 0.3) is 5.91 Å². The first-order valence-electron chi connectivity index (χ1n) is 9.94. The van der Waals surface area contributed by atoms with Crippen molar-refractivity contribution in [2.75, 3.05) is 6.54 Å². The summed E-state index contributed by atoms with van der Waals surface area (Å²) in [5.41, 5.74) is 3.28. The van der Waals surface area contributed by atoms with Crippen molar-refractivity contribution < 1.29 is 4.79 Å². The highest BCUT2D eigenvalue weighted by Gasteiger charge is 2.14. The molecule has 158 valence electrons. The highest BCUT2D eigenvalue weighted by atomic mass is 35.5. The van der Waals surface area contributed by atoms with E-state index < -0.39 is 0 Å². The van der Waals surface area contributed by atoms with Crippen molar-refractivity contribution in [3.05, 3.63) is 98.7 Å². The second kappa shape index (κ2) is 9.73. The van der Waals surface area contributed by atoms with E-state index in [1.54, 1.807) is 24.3 Å². The smallest absolute Gasteiger partial charge is 0.252 e. The summed E-state index contributed by atoms with van der Waals surface area (Å²) in [6.45, 7) is 1.04. The topological polar surface area (TPSA) is 46.9 Å². The Balaban J connectivity index is 1.49. The van der Waals surface area contributed by atoms with Crippen LogP contribution >= 0.6 is 34.8 Å². The number of hydrogen-bond acceptors (Lipinski definition) is 2. The van der Waals surface area contributed by atoms with Gasteiger partial charge < -0.3 is 9.88 Å². The quantitative estimate of drug-likeness (QED) is 0.316. The van der Waals surface area contributed by atoms with Crippen LogP contribution in [0, 0.1) is 0 Å². The summed E-state index contributed by atoms with van der Waals surface area (Å²) in [6, 6.07) is 20.5. The summed E-state index contributed by atoms with van der Waals surface area (Å²) in [7, 11) is 0. The Kier molecular flexibility index (Phi) is 6.81. The first-order valence-corrected chi connectivity index (χ1v) is 11.1. The molecule has 4 rings (SSSR count). The molecule has 0 saturated heterocycles. The van der Waals surface area contributed by atoms with Gasteiger partial charge in [0.1, 0.15) is 5.82 Å². The van der Waals surface area contributed by atoms with E-state index in [9.17, 15) is 4.79 Å². The van der Waals surface area contributed by atoms with Gasteiger partial charge in [-0.25, -0.2) is 4.98 Å². The molecular weight excluding hydrogens is 453 g/mol. The molecule has 1 aromatic heterocycles. The number of imidazole rings is 1. The molecule has 0 bridgehead atoms. The van der Waals surface area contributed by atoms with Gasteiger partial charge in [-0.05, 0) is 42.8 Å². The van der Waals surface area contributed by atoms with Gasteiger partial charge in [0.15, 0.2) is 0 Å². The number of nitrogens with one attached hydrogen (secondary N) is 1. The van der Waals surface area contributed by atoms with E-state index in [2.05, 4.69) is 9.88 Å². The lowest BCUT2D eigenvalue weighted by Gasteiger charge is -2.12. The van der Waals surface area contributed by atoms with Crippen molar-refractivity contribution >= 4 is 51.7 Å². The zero-order valence-electron chi connectivity index (χ0n) is 16.6. The molecule has 4 aromatic rings. The minimum Gasteiger partial charge on any atom is -0.352 e. The third-order valence-corrected chi connectivity index (χ3v) is 6.13. The molecule has 3 aromatic carbocycles. The number of rotatable bonds is 7. The predicted molar refractivity (Wildman–Crippen MR) is 127 cm³/mol. The molecule has 0 atom stereocenters. The van der Waals surface area contributed by atoms with Gasteiger partial charge in [0.05, 0.1) is 28.2 Å². The monoisotopic (exact) mass is 471 g/mol. The maximum atomic E-state index is 12.4. The number of benzene rings is 3. The maximum absolute atomic E-state index is 12.4. The summed E-state index contributed by atoms with van der Waals surface area (Å²) >= 11 is 18.9. The molecule has 0 spiro atoms. The maximum Gasteiger partial charge on any atom is 0.252 e. The van der Waals surface area contributed by atoms with Crippen LogP contribution in [0.5, 0.6) is 0 Å². The summed E-state index contributed by atoms with van der Waals surface area (Å²) in [5.74, 6) is 0.742. The third kappa shape index (κ3) is 4.87.